The number of nitrogens with zero attached hydrogens (tertiary/aromatic N) is 2. The first kappa shape index (κ1) is 12.6. The van der Waals surface area contributed by atoms with Gasteiger partial charge in [0.1, 0.15) is 5.82 Å². The molecule has 0 bridgehead atoms. The lowest BCUT2D eigenvalue weighted by Crippen LogP contribution is -2.12. The molecule has 0 aliphatic heterocycles. The average molecular weight is 241 g/mol. The van der Waals surface area contributed by atoms with Crippen LogP contribution in [0.2, 0.25) is 0 Å². The maximum atomic E-state index is 5.65. The standard InChI is InChI=1S/C15H19N3/c1-11-4-7-14(8-5-11)18(3)15-9-6-13(10-16)12(2)17-15/h4-9H,10,16H2,1-3H3. The minimum absolute atomic E-state index is 0.535. The van der Waals surface area contributed by atoms with E-state index in [1.807, 2.05) is 26.1 Å². The van der Waals surface area contributed by atoms with Crippen LogP contribution in [0.25, 0.3) is 0 Å². The van der Waals surface area contributed by atoms with Crippen molar-refractivity contribution in [3.8, 4) is 0 Å². The lowest BCUT2D eigenvalue weighted by molar-refractivity contribution is 0.992. The molecule has 3 nitrogen and oxygen atoms in total. The first-order valence-corrected chi connectivity index (χ1v) is 6.09. The van der Waals surface area contributed by atoms with Gasteiger partial charge in [-0.1, -0.05) is 23.8 Å². The fourth-order valence-corrected chi connectivity index (χ4v) is 1.88. The Morgan fingerprint density at radius 3 is 2.28 bits per heavy atom. The first-order chi connectivity index (χ1) is 8.61. The van der Waals surface area contributed by atoms with E-state index >= 15 is 0 Å². The molecule has 0 aliphatic carbocycles. The molecular formula is C15H19N3. The quantitative estimate of drug-likeness (QED) is 0.898. The van der Waals surface area contributed by atoms with E-state index in [0.717, 1.165) is 22.8 Å². The Bertz CT molecular complexity index is 532. The summed E-state index contributed by atoms with van der Waals surface area (Å²) in [6.45, 7) is 4.62. The molecule has 1 aromatic heterocycles. The zero-order valence-electron chi connectivity index (χ0n) is 11.1. The Morgan fingerprint density at radius 2 is 1.72 bits per heavy atom. The van der Waals surface area contributed by atoms with Gasteiger partial charge in [0.05, 0.1) is 0 Å². The summed E-state index contributed by atoms with van der Waals surface area (Å²) < 4.78 is 0. The van der Waals surface area contributed by atoms with E-state index in [1.165, 1.54) is 5.56 Å². The molecule has 0 fully saturated rings. The van der Waals surface area contributed by atoms with Gasteiger partial charge < -0.3 is 10.6 Å². The van der Waals surface area contributed by atoms with Crippen LogP contribution in [0.5, 0.6) is 0 Å². The summed E-state index contributed by atoms with van der Waals surface area (Å²) in [7, 11) is 2.02. The molecule has 0 radical (unpaired) electrons. The SMILES string of the molecule is Cc1ccc(N(C)c2ccc(CN)c(C)n2)cc1. The molecule has 2 aromatic rings. The summed E-state index contributed by atoms with van der Waals surface area (Å²) in [6, 6.07) is 12.5. The van der Waals surface area contributed by atoms with Gasteiger partial charge in [-0.2, -0.15) is 0 Å². The van der Waals surface area contributed by atoms with Crippen LogP contribution in [0.3, 0.4) is 0 Å². The van der Waals surface area contributed by atoms with Gasteiger partial charge in [-0.25, -0.2) is 4.98 Å². The van der Waals surface area contributed by atoms with Crippen molar-refractivity contribution in [3.05, 3.63) is 53.2 Å². The Hall–Kier alpha value is -1.87. The predicted octanol–water partition coefficient (Wildman–Crippen LogP) is 2.93. The third kappa shape index (κ3) is 2.51. The molecule has 0 amide bonds. The Kier molecular flexibility index (Phi) is 3.63. The number of hydrogen-bond acceptors (Lipinski definition) is 3. The predicted molar refractivity (Wildman–Crippen MR) is 76.1 cm³/mol. The van der Waals surface area contributed by atoms with Gasteiger partial charge >= 0.3 is 0 Å². The second-order valence-electron chi connectivity index (χ2n) is 4.51. The number of benzene rings is 1. The molecule has 1 aromatic carbocycles. The number of anilines is 2. The van der Waals surface area contributed by atoms with Crippen molar-refractivity contribution >= 4 is 11.5 Å². The highest BCUT2D eigenvalue weighted by atomic mass is 15.2. The number of aryl methyl sites for hydroxylation is 2. The molecule has 18 heavy (non-hydrogen) atoms. The molecule has 0 spiro atoms. The van der Waals surface area contributed by atoms with Crippen LogP contribution in [-0.2, 0) is 6.54 Å². The van der Waals surface area contributed by atoms with Crippen LogP contribution in [0.1, 0.15) is 16.8 Å². The lowest BCUT2D eigenvalue weighted by Gasteiger charge is -2.19. The number of nitrogens with two attached hydrogens (primary N) is 1. The topological polar surface area (TPSA) is 42.1 Å². The van der Waals surface area contributed by atoms with Gasteiger partial charge in [-0.05, 0) is 37.6 Å². The minimum atomic E-state index is 0.535. The summed E-state index contributed by atoms with van der Waals surface area (Å²) in [5.41, 5.74) is 10.1. The molecule has 0 unspecified atom stereocenters. The zero-order valence-corrected chi connectivity index (χ0v) is 11.1. The van der Waals surface area contributed by atoms with Crippen molar-refractivity contribution < 1.29 is 0 Å². The molecule has 0 aliphatic rings. The van der Waals surface area contributed by atoms with Crippen molar-refractivity contribution in [2.75, 3.05) is 11.9 Å². The fourth-order valence-electron chi connectivity index (χ4n) is 1.88. The number of rotatable bonds is 3. The summed E-state index contributed by atoms with van der Waals surface area (Å²) in [5.74, 6) is 0.938. The van der Waals surface area contributed by atoms with Crippen molar-refractivity contribution in [1.29, 1.82) is 0 Å². The van der Waals surface area contributed by atoms with Gasteiger partial charge in [-0.3, -0.25) is 0 Å². The van der Waals surface area contributed by atoms with Gasteiger partial charge in [0.25, 0.3) is 0 Å². The highest BCUT2D eigenvalue weighted by Gasteiger charge is 2.06. The van der Waals surface area contributed by atoms with Crippen LogP contribution >= 0.6 is 0 Å². The molecule has 3 heteroatoms. The fraction of sp³-hybridized carbons (Fsp3) is 0.267. The van der Waals surface area contributed by atoms with Crippen LogP contribution in [0, 0.1) is 13.8 Å². The van der Waals surface area contributed by atoms with Crippen LogP contribution in [0.15, 0.2) is 36.4 Å². The molecule has 2 rings (SSSR count). The molecular weight excluding hydrogens is 222 g/mol. The minimum Gasteiger partial charge on any atom is -0.329 e. The second kappa shape index (κ2) is 5.19. The number of pyridine rings is 1. The first-order valence-electron chi connectivity index (χ1n) is 6.09. The summed E-state index contributed by atoms with van der Waals surface area (Å²) in [5, 5.41) is 0. The van der Waals surface area contributed by atoms with Gasteiger partial charge in [-0.15, -0.1) is 0 Å². The molecule has 0 saturated heterocycles. The average Bonchev–Trinajstić information content (AvgIpc) is 2.38. The van der Waals surface area contributed by atoms with E-state index in [1.54, 1.807) is 0 Å². The lowest BCUT2D eigenvalue weighted by atomic mass is 10.2. The molecule has 0 saturated carbocycles. The van der Waals surface area contributed by atoms with Crippen molar-refractivity contribution in [2.45, 2.75) is 20.4 Å². The van der Waals surface area contributed by atoms with Crippen molar-refractivity contribution in [2.24, 2.45) is 5.73 Å². The summed E-state index contributed by atoms with van der Waals surface area (Å²) in [4.78, 5) is 6.66. The monoisotopic (exact) mass is 241 g/mol. The van der Waals surface area contributed by atoms with Crippen LogP contribution in [-0.4, -0.2) is 12.0 Å². The molecule has 2 N–H and O–H groups in total. The largest absolute Gasteiger partial charge is 0.329 e. The van der Waals surface area contributed by atoms with Gasteiger partial charge in [0, 0.05) is 25.0 Å². The normalized spacial score (nSPS) is 10.4. The molecule has 94 valence electrons. The number of hydrogen-bond donors (Lipinski definition) is 1. The van der Waals surface area contributed by atoms with Crippen LogP contribution < -0.4 is 10.6 Å². The van der Waals surface area contributed by atoms with Crippen LogP contribution in [0.4, 0.5) is 11.5 Å². The smallest absolute Gasteiger partial charge is 0.132 e. The van der Waals surface area contributed by atoms with E-state index in [2.05, 4.69) is 41.1 Å². The van der Waals surface area contributed by atoms with E-state index < -0.39 is 0 Å². The van der Waals surface area contributed by atoms with Crippen molar-refractivity contribution in [1.82, 2.24) is 4.98 Å². The number of aromatic nitrogens is 1. The van der Waals surface area contributed by atoms with E-state index in [4.69, 9.17) is 5.73 Å². The van der Waals surface area contributed by atoms with Gasteiger partial charge in [0.2, 0.25) is 0 Å². The Balaban J connectivity index is 2.31. The van der Waals surface area contributed by atoms with E-state index in [9.17, 15) is 0 Å². The van der Waals surface area contributed by atoms with Gasteiger partial charge in [0.15, 0.2) is 0 Å². The van der Waals surface area contributed by atoms with E-state index in [-0.39, 0.29) is 0 Å². The van der Waals surface area contributed by atoms with E-state index in [0.29, 0.717) is 6.54 Å². The third-order valence-corrected chi connectivity index (χ3v) is 3.17. The molecule has 0 atom stereocenters. The summed E-state index contributed by atoms with van der Waals surface area (Å²) in [6.07, 6.45) is 0. The maximum Gasteiger partial charge on any atom is 0.132 e. The highest BCUT2D eigenvalue weighted by Crippen LogP contribution is 2.22. The third-order valence-electron chi connectivity index (χ3n) is 3.17. The Labute approximate surface area is 108 Å². The zero-order chi connectivity index (χ0) is 13.1. The maximum absolute atomic E-state index is 5.65. The summed E-state index contributed by atoms with van der Waals surface area (Å²) >= 11 is 0. The second-order valence-corrected chi connectivity index (χ2v) is 4.51. The van der Waals surface area contributed by atoms with Crippen molar-refractivity contribution in [3.63, 3.8) is 0 Å². The highest BCUT2D eigenvalue weighted by molar-refractivity contribution is 5.59. The Morgan fingerprint density at radius 1 is 1.06 bits per heavy atom. The molecule has 1 heterocycles.